The van der Waals surface area contributed by atoms with Crippen LogP contribution in [0.3, 0.4) is 0 Å². The largest absolute Gasteiger partial charge is 0.382 e. The second kappa shape index (κ2) is 7.68. The minimum Gasteiger partial charge on any atom is -0.382 e. The zero-order valence-corrected chi connectivity index (χ0v) is 10.9. The number of likely N-dealkylation sites (N-methyl/N-ethyl adjacent to an activating group) is 1. The summed E-state index contributed by atoms with van der Waals surface area (Å²) < 4.78 is 5.02. The quantitative estimate of drug-likeness (QED) is 0.656. The van der Waals surface area contributed by atoms with Crippen molar-refractivity contribution in [2.24, 2.45) is 0 Å². The minimum atomic E-state index is -0.453. The van der Waals surface area contributed by atoms with E-state index in [4.69, 9.17) is 4.74 Å². The van der Waals surface area contributed by atoms with Gasteiger partial charge < -0.3 is 9.64 Å². The molecule has 6 nitrogen and oxygen atoms in total. The second-order valence-corrected chi connectivity index (χ2v) is 4.12. The predicted molar refractivity (Wildman–Crippen MR) is 71.3 cm³/mol. The number of ether oxygens (including phenoxy) is 1. The van der Waals surface area contributed by atoms with E-state index in [1.165, 1.54) is 24.2 Å². The van der Waals surface area contributed by atoms with E-state index in [1.807, 2.05) is 0 Å². The van der Waals surface area contributed by atoms with E-state index in [0.717, 1.165) is 4.90 Å². The van der Waals surface area contributed by atoms with Gasteiger partial charge in [-0.3, -0.25) is 19.3 Å². The lowest BCUT2D eigenvalue weighted by molar-refractivity contribution is -0.143. The Morgan fingerprint density at radius 1 is 1.37 bits per heavy atom. The molecule has 108 valence electrons. The highest BCUT2D eigenvalue weighted by Crippen LogP contribution is 2.11. The van der Waals surface area contributed by atoms with Crippen LogP contribution >= 0.6 is 0 Å². The van der Waals surface area contributed by atoms with Crippen LogP contribution in [-0.4, -0.2) is 60.9 Å². The standard InChI is InChI=1S/C12H18N2O4.CH4/c1-4-10(15)13(2)7-9(8-18-3)14-11(16)5-6-12(14)17;/h5-6,9H,4,7-8H2,1-3H3;1H4. The van der Waals surface area contributed by atoms with Gasteiger partial charge in [0.2, 0.25) is 5.91 Å². The Morgan fingerprint density at radius 2 is 1.89 bits per heavy atom. The number of amides is 3. The third-order valence-electron chi connectivity index (χ3n) is 2.78. The van der Waals surface area contributed by atoms with Crippen molar-refractivity contribution in [1.82, 2.24) is 9.80 Å². The number of carbonyl (C=O) groups excluding carboxylic acids is 3. The average Bonchev–Trinajstić information content (AvgIpc) is 2.67. The molecule has 1 aliphatic rings. The first-order valence-electron chi connectivity index (χ1n) is 5.79. The monoisotopic (exact) mass is 270 g/mol. The summed E-state index contributed by atoms with van der Waals surface area (Å²) in [6, 6.07) is -0.453. The molecule has 0 aliphatic carbocycles. The topological polar surface area (TPSA) is 66.9 Å². The lowest BCUT2D eigenvalue weighted by Gasteiger charge is -2.29. The van der Waals surface area contributed by atoms with Gasteiger partial charge in [-0.1, -0.05) is 14.4 Å². The predicted octanol–water partition coefficient (Wildman–Crippen LogP) is 0.431. The second-order valence-electron chi connectivity index (χ2n) is 4.12. The molecule has 6 heteroatoms. The van der Waals surface area contributed by atoms with Crippen LogP contribution in [0.5, 0.6) is 0 Å². The molecule has 1 aliphatic heterocycles. The van der Waals surface area contributed by atoms with Crippen molar-refractivity contribution in [3.8, 4) is 0 Å². The van der Waals surface area contributed by atoms with Crippen molar-refractivity contribution in [3.63, 3.8) is 0 Å². The Balaban J connectivity index is 0.00000324. The van der Waals surface area contributed by atoms with E-state index in [1.54, 1.807) is 14.0 Å². The smallest absolute Gasteiger partial charge is 0.254 e. The van der Waals surface area contributed by atoms with Crippen LogP contribution in [-0.2, 0) is 19.1 Å². The van der Waals surface area contributed by atoms with Gasteiger partial charge in [0.05, 0.1) is 12.6 Å². The summed E-state index contributed by atoms with van der Waals surface area (Å²) in [5, 5.41) is 0. The molecule has 0 saturated heterocycles. The molecule has 0 saturated carbocycles. The third kappa shape index (κ3) is 4.17. The third-order valence-corrected chi connectivity index (χ3v) is 2.78. The molecule has 0 aromatic rings. The van der Waals surface area contributed by atoms with Crippen LogP contribution in [0, 0.1) is 0 Å². The van der Waals surface area contributed by atoms with Crippen LogP contribution in [0.1, 0.15) is 20.8 Å². The van der Waals surface area contributed by atoms with Crippen molar-refractivity contribution in [3.05, 3.63) is 12.2 Å². The van der Waals surface area contributed by atoms with Crippen molar-refractivity contribution in [1.29, 1.82) is 0 Å². The van der Waals surface area contributed by atoms with E-state index in [-0.39, 0.29) is 38.3 Å². The molecule has 0 aromatic heterocycles. The number of imide groups is 1. The van der Waals surface area contributed by atoms with E-state index in [2.05, 4.69) is 0 Å². The maximum absolute atomic E-state index is 11.6. The Labute approximate surface area is 114 Å². The Bertz CT molecular complexity index is 361. The highest BCUT2D eigenvalue weighted by atomic mass is 16.5. The number of rotatable bonds is 6. The van der Waals surface area contributed by atoms with Crippen LogP contribution in [0.2, 0.25) is 0 Å². The molecule has 0 spiro atoms. The molecule has 1 heterocycles. The molecule has 19 heavy (non-hydrogen) atoms. The van der Waals surface area contributed by atoms with Gasteiger partial charge in [0.25, 0.3) is 11.8 Å². The first kappa shape index (κ1) is 17.3. The fourth-order valence-corrected chi connectivity index (χ4v) is 1.86. The summed E-state index contributed by atoms with van der Waals surface area (Å²) in [5.74, 6) is -0.762. The normalized spacial score (nSPS) is 15.4. The lowest BCUT2D eigenvalue weighted by Crippen LogP contribution is -2.49. The van der Waals surface area contributed by atoms with Gasteiger partial charge in [0, 0.05) is 39.3 Å². The highest BCUT2D eigenvalue weighted by Gasteiger charge is 2.32. The molecule has 1 atom stereocenters. The summed E-state index contributed by atoms with van der Waals surface area (Å²) in [7, 11) is 3.14. The zero-order valence-electron chi connectivity index (χ0n) is 10.9. The SMILES string of the molecule is C.CCC(=O)N(C)CC(COC)N1C(=O)C=CC1=O. The molecule has 0 N–H and O–H groups in total. The Morgan fingerprint density at radius 3 is 2.32 bits per heavy atom. The van der Waals surface area contributed by atoms with E-state index in [0.29, 0.717) is 6.42 Å². The van der Waals surface area contributed by atoms with Crippen LogP contribution in [0.25, 0.3) is 0 Å². The molecule has 1 unspecified atom stereocenters. The van der Waals surface area contributed by atoms with Crippen molar-refractivity contribution in [2.75, 3.05) is 27.3 Å². The molecule has 1 rings (SSSR count). The fourth-order valence-electron chi connectivity index (χ4n) is 1.86. The van der Waals surface area contributed by atoms with Gasteiger partial charge in [-0.2, -0.15) is 0 Å². The van der Waals surface area contributed by atoms with E-state index >= 15 is 0 Å². The molecular weight excluding hydrogens is 248 g/mol. The maximum atomic E-state index is 11.6. The Hall–Kier alpha value is -1.69. The highest BCUT2D eigenvalue weighted by molar-refractivity contribution is 6.13. The molecule has 3 amide bonds. The first-order chi connectivity index (χ1) is 8.51. The van der Waals surface area contributed by atoms with E-state index in [9.17, 15) is 14.4 Å². The molecule has 0 aromatic carbocycles. The first-order valence-corrected chi connectivity index (χ1v) is 5.79. The number of carbonyl (C=O) groups is 3. The van der Waals surface area contributed by atoms with Crippen molar-refractivity contribution >= 4 is 17.7 Å². The van der Waals surface area contributed by atoms with Gasteiger partial charge in [0.1, 0.15) is 0 Å². The maximum Gasteiger partial charge on any atom is 0.254 e. The lowest BCUT2D eigenvalue weighted by atomic mass is 10.2. The number of methoxy groups -OCH3 is 1. The summed E-state index contributed by atoms with van der Waals surface area (Å²) in [5.41, 5.74) is 0. The summed E-state index contributed by atoms with van der Waals surface area (Å²) in [4.78, 5) is 37.3. The number of hydrogen-bond acceptors (Lipinski definition) is 4. The van der Waals surface area contributed by atoms with Crippen molar-refractivity contribution < 1.29 is 19.1 Å². The molecular formula is C13H22N2O4. The summed E-state index contributed by atoms with van der Waals surface area (Å²) in [6.07, 6.45) is 2.84. The summed E-state index contributed by atoms with van der Waals surface area (Å²) in [6.45, 7) is 2.25. The average molecular weight is 270 g/mol. The summed E-state index contributed by atoms with van der Waals surface area (Å²) >= 11 is 0. The van der Waals surface area contributed by atoms with E-state index < -0.39 is 6.04 Å². The minimum absolute atomic E-state index is 0. The number of hydrogen-bond donors (Lipinski definition) is 0. The zero-order chi connectivity index (χ0) is 13.7. The van der Waals surface area contributed by atoms with Crippen LogP contribution < -0.4 is 0 Å². The van der Waals surface area contributed by atoms with Gasteiger partial charge in [-0.15, -0.1) is 0 Å². The van der Waals surface area contributed by atoms with Gasteiger partial charge in [0.15, 0.2) is 0 Å². The van der Waals surface area contributed by atoms with Gasteiger partial charge in [-0.05, 0) is 0 Å². The molecule has 0 bridgehead atoms. The van der Waals surface area contributed by atoms with Gasteiger partial charge >= 0.3 is 0 Å². The fraction of sp³-hybridized carbons (Fsp3) is 0.615. The molecule has 0 radical (unpaired) electrons. The Kier molecular flexibility index (Phi) is 7.00. The van der Waals surface area contributed by atoms with Crippen LogP contribution in [0.4, 0.5) is 0 Å². The van der Waals surface area contributed by atoms with Crippen LogP contribution in [0.15, 0.2) is 12.2 Å². The number of nitrogens with zero attached hydrogens (tertiary/aromatic N) is 2. The molecule has 0 fully saturated rings. The van der Waals surface area contributed by atoms with Gasteiger partial charge in [-0.25, -0.2) is 0 Å². The van der Waals surface area contributed by atoms with Crippen molar-refractivity contribution in [2.45, 2.75) is 26.8 Å².